The number of allylic oxidation sites excluding steroid dienone is 2. The fourth-order valence-corrected chi connectivity index (χ4v) is 5.95. The van der Waals surface area contributed by atoms with Crippen LogP contribution >= 0.6 is 23.5 Å². The van der Waals surface area contributed by atoms with Gasteiger partial charge in [0.2, 0.25) is 0 Å². The van der Waals surface area contributed by atoms with Gasteiger partial charge in [-0.2, -0.15) is 17.5 Å². The van der Waals surface area contributed by atoms with Gasteiger partial charge in [-0.3, -0.25) is 0 Å². The van der Waals surface area contributed by atoms with Gasteiger partial charge < -0.3 is 29.6 Å². The summed E-state index contributed by atoms with van der Waals surface area (Å²) in [6.45, 7) is 12.2. The Morgan fingerprint density at radius 2 is 1.17 bits per heavy atom. The molecule has 0 saturated heterocycles. The number of aliphatic carboxylic acids is 2. The van der Waals surface area contributed by atoms with E-state index >= 15 is 0 Å². The van der Waals surface area contributed by atoms with E-state index in [1.165, 1.54) is 84.8 Å². The summed E-state index contributed by atoms with van der Waals surface area (Å²) in [7, 11) is 4.49. The van der Waals surface area contributed by atoms with E-state index in [0.717, 1.165) is 63.0 Å². The normalized spacial score (nSPS) is 17.9. The number of hydrogen-bond acceptors (Lipinski definition) is 10. The second-order valence-corrected chi connectivity index (χ2v) is 11.6. The van der Waals surface area contributed by atoms with Crippen LogP contribution in [0.4, 0.5) is 0 Å². The van der Waals surface area contributed by atoms with Gasteiger partial charge in [-0.1, -0.05) is 24.3 Å². The molecule has 2 aliphatic rings. The van der Waals surface area contributed by atoms with Crippen molar-refractivity contribution in [2.24, 2.45) is 0 Å². The molecule has 0 saturated carbocycles. The highest BCUT2D eigenvalue weighted by Gasteiger charge is 2.20. The highest BCUT2D eigenvalue weighted by molar-refractivity contribution is 6.99. The maximum absolute atomic E-state index is 8.93. The van der Waals surface area contributed by atoms with Crippen LogP contribution in [0.1, 0.15) is 74.1 Å². The van der Waals surface area contributed by atoms with Crippen LogP contribution in [0.3, 0.4) is 0 Å². The maximum atomic E-state index is 8.93. The van der Waals surface area contributed by atoms with E-state index < -0.39 is 11.9 Å². The molecule has 4 rings (SSSR count). The van der Waals surface area contributed by atoms with Crippen LogP contribution in [0.15, 0.2) is 37.5 Å². The second kappa shape index (κ2) is 20.0. The van der Waals surface area contributed by atoms with Gasteiger partial charge in [0.25, 0.3) is 0 Å². The fraction of sp³-hybridized carbons (Fsp3) is 0.533. The molecular formula is C30H44N6O4S2. The van der Waals surface area contributed by atoms with Crippen molar-refractivity contribution in [3.63, 3.8) is 0 Å². The molecule has 0 radical (unpaired) electrons. The minimum atomic E-state index is -2.19. The lowest BCUT2D eigenvalue weighted by Crippen LogP contribution is -3.09. The van der Waals surface area contributed by atoms with Crippen molar-refractivity contribution < 1.29 is 29.6 Å². The van der Waals surface area contributed by atoms with Crippen LogP contribution in [-0.4, -0.2) is 69.7 Å². The molecule has 2 atom stereocenters. The largest absolute Gasteiger partial charge is 0.543 e. The molecule has 0 bridgehead atoms. The van der Waals surface area contributed by atoms with Crippen molar-refractivity contribution in [3.05, 3.63) is 60.2 Å². The molecule has 2 N–H and O–H groups in total. The first-order valence-corrected chi connectivity index (χ1v) is 16.0. The zero-order chi connectivity index (χ0) is 30.7. The van der Waals surface area contributed by atoms with Gasteiger partial charge >= 0.3 is 0 Å². The van der Waals surface area contributed by atoms with E-state index in [1.54, 1.807) is 9.80 Å². The van der Waals surface area contributed by atoms with Crippen LogP contribution in [-0.2, 0) is 22.4 Å². The number of likely N-dealkylation sites (N-methyl/N-ethyl adjacent to an activating group) is 2. The van der Waals surface area contributed by atoms with E-state index in [0.29, 0.717) is 0 Å². The summed E-state index contributed by atoms with van der Waals surface area (Å²) in [5, 5.41) is 17.9. The van der Waals surface area contributed by atoms with Crippen molar-refractivity contribution in [1.82, 2.24) is 17.5 Å². The Hall–Kier alpha value is -3.06. The van der Waals surface area contributed by atoms with Gasteiger partial charge in [0.1, 0.15) is 24.5 Å². The van der Waals surface area contributed by atoms with Gasteiger partial charge in [-0.25, -0.2) is 0 Å². The molecule has 0 spiro atoms. The van der Waals surface area contributed by atoms with E-state index in [9.17, 15) is 0 Å². The van der Waals surface area contributed by atoms with Crippen molar-refractivity contribution >= 4 is 46.5 Å². The fourth-order valence-electron chi connectivity index (χ4n) is 4.71. The topological polar surface area (TPSA) is 141 Å². The number of aryl methyl sites for hydroxylation is 2. The summed E-state index contributed by atoms with van der Waals surface area (Å²) < 4.78 is 17.9. The highest BCUT2D eigenvalue weighted by atomic mass is 32.1. The Morgan fingerprint density at radius 1 is 0.762 bits per heavy atom. The van der Waals surface area contributed by atoms with Crippen LogP contribution in [0.2, 0.25) is 0 Å². The molecule has 12 heteroatoms. The number of unbranched alkanes of at least 4 members (excludes halogenated alkanes) is 4. The number of nitrogens with one attached hydrogen (secondary N) is 2. The number of carbonyl (C=O) groups is 2. The van der Waals surface area contributed by atoms with Crippen LogP contribution in [0.5, 0.6) is 0 Å². The van der Waals surface area contributed by atoms with E-state index in [1.807, 2.05) is 12.2 Å². The van der Waals surface area contributed by atoms with E-state index in [-0.39, 0.29) is 0 Å². The summed E-state index contributed by atoms with van der Waals surface area (Å²) in [5.41, 5.74) is 7.52. The van der Waals surface area contributed by atoms with E-state index in [2.05, 4.69) is 56.9 Å². The van der Waals surface area contributed by atoms with Crippen molar-refractivity contribution in [1.29, 1.82) is 0 Å². The summed E-state index contributed by atoms with van der Waals surface area (Å²) in [6.07, 6.45) is 20.1. The van der Waals surface area contributed by atoms with Crippen molar-refractivity contribution in [2.45, 2.75) is 64.2 Å². The number of carboxylic acids is 2. The van der Waals surface area contributed by atoms with Gasteiger partial charge in [0.15, 0.2) is 0 Å². The van der Waals surface area contributed by atoms with Gasteiger partial charge in [0, 0.05) is 24.0 Å². The Bertz CT molecular complexity index is 1110. The molecule has 2 aromatic heterocycles. The molecule has 10 nitrogen and oxygen atoms in total. The van der Waals surface area contributed by atoms with Crippen molar-refractivity contribution in [3.8, 4) is 0 Å². The average Bonchev–Trinajstić information content (AvgIpc) is 3.64. The molecule has 4 heterocycles. The Morgan fingerprint density at radius 3 is 1.50 bits per heavy atom. The second-order valence-electron chi connectivity index (χ2n) is 10.6. The Labute approximate surface area is 257 Å². The first-order chi connectivity index (χ1) is 20.3. The molecule has 2 aromatic rings. The predicted octanol–water partition coefficient (Wildman–Crippen LogP) is -0.0364. The molecule has 0 aromatic carbocycles. The lowest BCUT2D eigenvalue weighted by Gasteiger charge is -2.19. The standard InChI is InChI=1S/2C14H21N3S.C2H2O4/c2*1-3-4-5-6-9-13-14(16-18-15-13)12-8-7-10-17(2)11-12;3-1(4)2(5)6/h2*3,8H,1,4-7,9-11H2,2H3;(H,3,4)(H,5,6). The first-order valence-electron chi connectivity index (χ1n) is 14.5. The third-order valence-corrected chi connectivity index (χ3v) is 8.07. The molecule has 2 aliphatic heterocycles. The molecule has 0 amide bonds. The Balaban J connectivity index is 0.000000247. The maximum Gasteiger partial charge on any atom is 0.109 e. The third-order valence-electron chi connectivity index (χ3n) is 6.94. The molecule has 2 unspecified atom stereocenters. The summed E-state index contributed by atoms with van der Waals surface area (Å²) in [4.78, 5) is 21.0. The molecule has 0 fully saturated rings. The SMILES string of the molecule is C=CCCCCc1nsnc1C1=CCC[NH+](C)C1.C=CCCCCc1nsnc1C1=CCC[NH+](C)C1.O=C([O-])C(=O)[O-]. The first kappa shape index (κ1) is 35.1. The zero-order valence-electron chi connectivity index (χ0n) is 24.9. The minimum Gasteiger partial charge on any atom is -0.543 e. The lowest BCUT2D eigenvalue weighted by molar-refractivity contribution is -0.872. The lowest BCUT2D eigenvalue weighted by atomic mass is 10.0. The molecular weight excluding hydrogens is 573 g/mol. The number of rotatable bonds is 12. The van der Waals surface area contributed by atoms with E-state index in [4.69, 9.17) is 19.8 Å². The van der Waals surface area contributed by atoms with Crippen LogP contribution in [0, 0.1) is 0 Å². The number of carboxylic acid groups (broad SMARTS) is 2. The number of hydrogen-bond donors (Lipinski definition) is 2. The summed E-state index contributed by atoms with van der Waals surface area (Å²) in [5.74, 6) is -4.37. The smallest absolute Gasteiger partial charge is 0.109 e. The van der Waals surface area contributed by atoms with Gasteiger partial charge in [-0.05, 0) is 51.4 Å². The number of aromatic nitrogens is 4. The quantitative estimate of drug-likeness (QED) is 0.192. The monoisotopic (exact) mass is 616 g/mol. The molecule has 230 valence electrons. The zero-order valence-corrected chi connectivity index (χ0v) is 26.5. The number of quaternary nitrogens is 2. The molecule has 0 aliphatic carbocycles. The molecule has 42 heavy (non-hydrogen) atoms. The summed E-state index contributed by atoms with van der Waals surface area (Å²) in [6, 6.07) is 0. The van der Waals surface area contributed by atoms with Crippen LogP contribution < -0.4 is 20.0 Å². The highest BCUT2D eigenvalue weighted by Crippen LogP contribution is 2.21. The predicted molar refractivity (Wildman–Crippen MR) is 164 cm³/mol. The van der Waals surface area contributed by atoms with Crippen LogP contribution in [0.25, 0.3) is 11.1 Å². The summed E-state index contributed by atoms with van der Waals surface area (Å²) >= 11 is 2.71. The number of carbonyl (C=O) groups excluding carboxylic acids is 2. The van der Waals surface area contributed by atoms with Crippen molar-refractivity contribution in [2.75, 3.05) is 40.3 Å². The average molecular weight is 617 g/mol. The minimum absolute atomic E-state index is 1.05. The van der Waals surface area contributed by atoms with Gasteiger partial charge in [0.05, 0.1) is 74.0 Å². The third kappa shape index (κ3) is 12.8. The Kier molecular flexibility index (Phi) is 16.7. The number of nitrogens with zero attached hydrogens (tertiary/aromatic N) is 4. The van der Waals surface area contributed by atoms with Gasteiger partial charge in [-0.15, -0.1) is 13.2 Å².